The predicted octanol–water partition coefficient (Wildman–Crippen LogP) is 12.8. The van der Waals surface area contributed by atoms with Crippen molar-refractivity contribution in [2.45, 2.75) is 276 Å². The van der Waals surface area contributed by atoms with E-state index in [1.807, 2.05) is 0 Å². The molecule has 1 heterocycles. The number of aliphatic hydroxyl groups excluding tert-OH is 1. The van der Waals surface area contributed by atoms with E-state index in [4.69, 9.17) is 23.7 Å². The number of esters is 3. The van der Waals surface area contributed by atoms with Crippen LogP contribution in [0.5, 0.6) is 0 Å². The van der Waals surface area contributed by atoms with Crippen molar-refractivity contribution in [3.8, 4) is 0 Å². The highest BCUT2D eigenvalue weighted by atomic mass is 16.7. The van der Waals surface area contributed by atoms with Crippen molar-refractivity contribution in [1.82, 2.24) is 0 Å². The van der Waals surface area contributed by atoms with E-state index in [9.17, 15) is 19.5 Å². The van der Waals surface area contributed by atoms with Crippen molar-refractivity contribution >= 4 is 17.9 Å². The summed E-state index contributed by atoms with van der Waals surface area (Å²) in [5, 5.41) is 10.9. The highest BCUT2D eigenvalue weighted by molar-refractivity contribution is 5.73. The summed E-state index contributed by atoms with van der Waals surface area (Å²) in [6.07, 6.45) is 32.7. The Bertz CT molecular complexity index is 943. The van der Waals surface area contributed by atoms with Gasteiger partial charge >= 0.3 is 17.9 Å². The standard InChI is InChI=1S/C48H90O9/c1-5-8-11-14-17-20-22-25-28-31-34-37-43(50)55-41(36-33-30-27-24-19-16-13-10-7-3)39-45(52)57-46-42(49)40-54-48(53-4)47(46)56-44(51)38-35-32-29-26-23-21-18-15-12-9-6-2/h41-42,46-49H,5-40H2,1-4H3/t41?,42-,46-,47+,48-/m0/s1. The third kappa shape index (κ3) is 30.0. The second-order valence-corrected chi connectivity index (χ2v) is 16.9. The van der Waals surface area contributed by atoms with Crippen molar-refractivity contribution in [3.05, 3.63) is 0 Å². The Labute approximate surface area is 350 Å². The number of hydrogen-bond acceptors (Lipinski definition) is 9. The quantitative estimate of drug-likeness (QED) is 0.0366. The topological polar surface area (TPSA) is 118 Å². The number of hydrogen-bond donors (Lipinski definition) is 1. The minimum atomic E-state index is -1.19. The lowest BCUT2D eigenvalue weighted by molar-refractivity contribution is -0.273. The van der Waals surface area contributed by atoms with Crippen molar-refractivity contribution in [2.75, 3.05) is 13.7 Å². The van der Waals surface area contributed by atoms with Crippen LogP contribution in [0.4, 0.5) is 0 Å². The first-order chi connectivity index (χ1) is 27.9. The van der Waals surface area contributed by atoms with Crippen LogP contribution in [-0.2, 0) is 38.1 Å². The summed E-state index contributed by atoms with van der Waals surface area (Å²) >= 11 is 0. The summed E-state index contributed by atoms with van der Waals surface area (Å²) < 4.78 is 28.5. The second kappa shape index (κ2) is 38.5. The monoisotopic (exact) mass is 811 g/mol. The van der Waals surface area contributed by atoms with E-state index in [0.717, 1.165) is 51.4 Å². The molecule has 0 aromatic heterocycles. The van der Waals surface area contributed by atoms with Gasteiger partial charge in [0.25, 0.3) is 0 Å². The molecular weight excluding hydrogens is 721 g/mol. The van der Waals surface area contributed by atoms with Gasteiger partial charge in [-0.05, 0) is 25.7 Å². The molecule has 0 saturated carbocycles. The first-order valence-electron chi connectivity index (χ1n) is 24.3. The maximum Gasteiger partial charge on any atom is 0.310 e. The summed E-state index contributed by atoms with van der Waals surface area (Å²) in [6, 6.07) is 0. The number of ether oxygens (including phenoxy) is 5. The van der Waals surface area contributed by atoms with Crippen LogP contribution in [0.3, 0.4) is 0 Å². The van der Waals surface area contributed by atoms with Crippen LogP contribution < -0.4 is 0 Å². The molecule has 1 rings (SSSR count). The van der Waals surface area contributed by atoms with Crippen LogP contribution in [0.1, 0.15) is 245 Å². The molecule has 0 aromatic carbocycles. The molecule has 1 unspecified atom stereocenters. The highest BCUT2D eigenvalue weighted by Crippen LogP contribution is 2.25. The predicted molar refractivity (Wildman–Crippen MR) is 231 cm³/mol. The van der Waals surface area contributed by atoms with Crippen molar-refractivity contribution in [2.24, 2.45) is 0 Å². The Balaban J connectivity index is 2.62. The third-order valence-corrected chi connectivity index (χ3v) is 11.5. The number of carbonyl (C=O) groups excluding carboxylic acids is 3. The molecule has 0 amide bonds. The van der Waals surface area contributed by atoms with Crippen LogP contribution in [0.15, 0.2) is 0 Å². The lowest BCUT2D eigenvalue weighted by atomic mass is 10.0. The van der Waals surface area contributed by atoms with E-state index in [2.05, 4.69) is 20.8 Å². The number of aliphatic hydroxyl groups is 1. The van der Waals surface area contributed by atoms with E-state index in [-0.39, 0.29) is 25.4 Å². The molecule has 1 aliphatic rings. The van der Waals surface area contributed by atoms with Crippen LogP contribution in [-0.4, -0.2) is 67.4 Å². The van der Waals surface area contributed by atoms with Gasteiger partial charge in [0, 0.05) is 20.0 Å². The minimum Gasteiger partial charge on any atom is -0.462 e. The number of carbonyl (C=O) groups is 3. The first-order valence-corrected chi connectivity index (χ1v) is 24.3. The molecule has 1 saturated heterocycles. The molecule has 0 bridgehead atoms. The van der Waals surface area contributed by atoms with Gasteiger partial charge in [-0.3, -0.25) is 14.4 Å². The fourth-order valence-corrected chi connectivity index (χ4v) is 7.82. The van der Waals surface area contributed by atoms with Crippen molar-refractivity contribution in [3.63, 3.8) is 0 Å². The van der Waals surface area contributed by atoms with Crippen LogP contribution in [0.2, 0.25) is 0 Å². The number of unbranched alkanes of at least 4 members (excludes halogenated alkanes) is 28. The Morgan fingerprint density at radius 1 is 0.509 bits per heavy atom. The van der Waals surface area contributed by atoms with Crippen LogP contribution in [0.25, 0.3) is 0 Å². The minimum absolute atomic E-state index is 0.123. The molecule has 9 nitrogen and oxygen atoms in total. The first kappa shape index (κ1) is 53.3. The largest absolute Gasteiger partial charge is 0.462 e. The smallest absolute Gasteiger partial charge is 0.310 e. The molecular formula is C48H90O9. The van der Waals surface area contributed by atoms with E-state index in [1.165, 1.54) is 148 Å². The van der Waals surface area contributed by atoms with Gasteiger partial charge < -0.3 is 28.8 Å². The molecule has 9 heteroatoms. The van der Waals surface area contributed by atoms with Gasteiger partial charge in [-0.25, -0.2) is 0 Å². The fraction of sp³-hybridized carbons (Fsp3) is 0.938. The average Bonchev–Trinajstić information content (AvgIpc) is 3.19. The average molecular weight is 811 g/mol. The molecule has 1 aliphatic heterocycles. The van der Waals surface area contributed by atoms with E-state index in [0.29, 0.717) is 19.3 Å². The van der Waals surface area contributed by atoms with Gasteiger partial charge in [-0.2, -0.15) is 0 Å². The van der Waals surface area contributed by atoms with Gasteiger partial charge in [0.15, 0.2) is 18.5 Å². The maximum atomic E-state index is 13.4. The maximum absolute atomic E-state index is 13.4. The zero-order chi connectivity index (χ0) is 41.6. The number of methoxy groups -OCH3 is 1. The molecule has 0 aromatic rings. The zero-order valence-electron chi connectivity index (χ0n) is 37.6. The highest BCUT2D eigenvalue weighted by Gasteiger charge is 2.45. The zero-order valence-corrected chi connectivity index (χ0v) is 37.6. The molecule has 5 atom stereocenters. The van der Waals surface area contributed by atoms with Gasteiger partial charge in [0.1, 0.15) is 12.2 Å². The van der Waals surface area contributed by atoms with Gasteiger partial charge in [-0.15, -0.1) is 0 Å². The molecule has 336 valence electrons. The lowest BCUT2D eigenvalue weighted by Gasteiger charge is -2.38. The Kier molecular flexibility index (Phi) is 36.0. The SMILES string of the molecule is CCCCCCCCCCCCCC(=O)OC(CCCCCCCCCCC)CC(=O)O[C@@H]1[C@@H](OC(=O)CCCCCCCCCCCCC)[C@@H](OC)OC[C@@H]1O. The molecule has 0 aliphatic carbocycles. The summed E-state index contributed by atoms with van der Waals surface area (Å²) in [5.41, 5.74) is 0. The van der Waals surface area contributed by atoms with Crippen molar-refractivity contribution in [1.29, 1.82) is 0 Å². The Morgan fingerprint density at radius 2 is 0.877 bits per heavy atom. The van der Waals surface area contributed by atoms with E-state index < -0.39 is 42.6 Å². The normalized spacial score (nSPS) is 18.7. The Morgan fingerprint density at radius 3 is 1.30 bits per heavy atom. The van der Waals surface area contributed by atoms with Gasteiger partial charge in [-0.1, -0.05) is 201 Å². The molecule has 1 N–H and O–H groups in total. The fourth-order valence-electron chi connectivity index (χ4n) is 7.82. The van der Waals surface area contributed by atoms with Gasteiger partial charge in [0.2, 0.25) is 0 Å². The number of rotatable bonds is 40. The summed E-state index contributed by atoms with van der Waals surface area (Å²) in [6.45, 7) is 6.59. The third-order valence-electron chi connectivity index (χ3n) is 11.5. The van der Waals surface area contributed by atoms with Crippen LogP contribution in [0, 0.1) is 0 Å². The summed E-state index contributed by atoms with van der Waals surface area (Å²) in [7, 11) is 1.43. The molecule has 57 heavy (non-hydrogen) atoms. The lowest BCUT2D eigenvalue weighted by Crippen LogP contribution is -2.57. The van der Waals surface area contributed by atoms with E-state index >= 15 is 0 Å². The summed E-state index contributed by atoms with van der Waals surface area (Å²) in [4.78, 5) is 39.3. The summed E-state index contributed by atoms with van der Waals surface area (Å²) in [5.74, 6) is -1.32. The molecule has 1 fully saturated rings. The van der Waals surface area contributed by atoms with E-state index in [1.54, 1.807) is 0 Å². The molecule has 0 radical (unpaired) electrons. The van der Waals surface area contributed by atoms with Crippen molar-refractivity contribution < 1.29 is 43.2 Å². The Hall–Kier alpha value is -1.71. The van der Waals surface area contributed by atoms with Gasteiger partial charge in [0.05, 0.1) is 13.0 Å². The molecule has 0 spiro atoms. The second-order valence-electron chi connectivity index (χ2n) is 16.9. The van der Waals surface area contributed by atoms with Crippen LogP contribution >= 0.6 is 0 Å².